The molecule has 0 radical (unpaired) electrons. The van der Waals surface area contributed by atoms with Crippen LogP contribution in [0.25, 0.3) is 28.6 Å². The zero-order valence-corrected chi connectivity index (χ0v) is 29.9. The third-order valence-electron chi connectivity index (χ3n) is 8.22. The first-order chi connectivity index (χ1) is 26.3. The maximum Gasteiger partial charge on any atom is 0.272 e. The Hall–Kier alpha value is -6.49. The van der Waals surface area contributed by atoms with Crippen LogP contribution in [0.1, 0.15) is 26.7 Å². The van der Waals surface area contributed by atoms with Crippen molar-refractivity contribution >= 4 is 69.6 Å². The summed E-state index contributed by atoms with van der Waals surface area (Å²) in [5.74, 6) is -1.64. The van der Waals surface area contributed by atoms with Gasteiger partial charge in [0.2, 0.25) is 11.8 Å². The Balaban J connectivity index is 1.06. The van der Waals surface area contributed by atoms with Gasteiger partial charge in [-0.25, -0.2) is 9.37 Å². The summed E-state index contributed by atoms with van der Waals surface area (Å²) in [6, 6.07) is 43.6. The molecule has 0 aliphatic rings. The van der Waals surface area contributed by atoms with Gasteiger partial charge in [0.25, 0.3) is 11.8 Å². The molecule has 0 saturated carbocycles. The number of aromatic nitrogens is 1. The number of halogens is 2. The van der Waals surface area contributed by atoms with Crippen LogP contribution in [0.15, 0.2) is 167 Å². The zero-order chi connectivity index (χ0) is 37.4. The number of hydrogen-bond acceptors (Lipinski definition) is 6. The molecule has 54 heavy (non-hydrogen) atoms. The van der Waals surface area contributed by atoms with E-state index in [1.54, 1.807) is 66.7 Å². The summed E-state index contributed by atoms with van der Waals surface area (Å²) in [4.78, 5) is 45.6. The van der Waals surface area contributed by atoms with Gasteiger partial charge in [-0.3, -0.25) is 14.4 Å². The summed E-state index contributed by atoms with van der Waals surface area (Å²) in [6.45, 7) is 0. The minimum absolute atomic E-state index is 0.0474. The van der Waals surface area contributed by atoms with E-state index in [1.165, 1.54) is 36.0 Å². The van der Waals surface area contributed by atoms with Gasteiger partial charge in [0, 0.05) is 33.0 Å². The Bertz CT molecular complexity index is 2420. The maximum atomic E-state index is 14.7. The van der Waals surface area contributed by atoms with Crippen LogP contribution in [0.5, 0.6) is 0 Å². The number of oxazole rings is 1. The Morgan fingerprint density at radius 2 is 1.37 bits per heavy atom. The van der Waals surface area contributed by atoms with Gasteiger partial charge < -0.3 is 20.4 Å². The number of carbonyl (C=O) groups is 3. The lowest BCUT2D eigenvalue weighted by Crippen LogP contribution is -2.30. The average molecular weight is 753 g/mol. The van der Waals surface area contributed by atoms with Crippen molar-refractivity contribution in [1.29, 1.82) is 0 Å². The zero-order valence-electron chi connectivity index (χ0n) is 28.3. The van der Waals surface area contributed by atoms with Crippen LogP contribution in [0.4, 0.5) is 15.8 Å². The molecular weight excluding hydrogens is 723 g/mol. The van der Waals surface area contributed by atoms with Gasteiger partial charge in [0.15, 0.2) is 5.58 Å². The predicted octanol–water partition coefficient (Wildman–Crippen LogP) is 10.2. The molecule has 1 heterocycles. The summed E-state index contributed by atoms with van der Waals surface area (Å²) < 4.78 is 20.6. The van der Waals surface area contributed by atoms with Crippen LogP contribution in [-0.2, 0) is 9.59 Å². The quantitative estimate of drug-likeness (QED) is 0.0896. The number of anilines is 2. The van der Waals surface area contributed by atoms with Crippen molar-refractivity contribution in [3.63, 3.8) is 0 Å². The van der Waals surface area contributed by atoms with E-state index in [4.69, 9.17) is 16.0 Å². The molecule has 7 rings (SSSR count). The topological polar surface area (TPSA) is 113 Å². The number of fused-ring (bicyclic) bond motifs is 1. The molecule has 3 amide bonds. The van der Waals surface area contributed by atoms with Gasteiger partial charge in [-0.2, -0.15) is 0 Å². The first kappa shape index (κ1) is 35.9. The molecule has 1 atom stereocenters. The normalized spacial score (nSPS) is 11.9. The highest BCUT2D eigenvalue weighted by atomic mass is 35.5. The molecule has 0 aliphatic heterocycles. The molecule has 0 aliphatic carbocycles. The summed E-state index contributed by atoms with van der Waals surface area (Å²) in [5.41, 5.74) is 4.11. The smallest absolute Gasteiger partial charge is 0.272 e. The molecule has 6 aromatic carbocycles. The lowest BCUT2D eigenvalue weighted by molar-refractivity contribution is -0.116. The van der Waals surface area contributed by atoms with E-state index in [0.717, 1.165) is 21.5 Å². The van der Waals surface area contributed by atoms with Crippen LogP contribution in [-0.4, -0.2) is 22.7 Å². The Morgan fingerprint density at radius 1 is 0.722 bits per heavy atom. The van der Waals surface area contributed by atoms with Crippen molar-refractivity contribution in [2.75, 3.05) is 10.6 Å². The number of para-hydroxylation sites is 2. The Kier molecular flexibility index (Phi) is 10.9. The third-order valence-corrected chi connectivity index (χ3v) is 9.81. The molecule has 0 bridgehead atoms. The van der Waals surface area contributed by atoms with E-state index in [1.807, 2.05) is 66.7 Å². The first-order valence-electron chi connectivity index (χ1n) is 16.7. The average Bonchev–Trinajstić information content (AvgIpc) is 3.64. The molecule has 11 heteroatoms. The molecule has 0 spiro atoms. The highest BCUT2D eigenvalue weighted by molar-refractivity contribution is 8.00. The number of nitrogens with one attached hydrogen (secondary N) is 3. The molecule has 8 nitrogen and oxygen atoms in total. The van der Waals surface area contributed by atoms with Gasteiger partial charge in [0.05, 0.1) is 5.02 Å². The number of rotatable bonds is 11. The molecule has 1 unspecified atom stereocenters. The molecule has 0 saturated heterocycles. The summed E-state index contributed by atoms with van der Waals surface area (Å²) >= 11 is 7.58. The number of thioether (sulfide) groups is 1. The van der Waals surface area contributed by atoms with Gasteiger partial charge in [-0.05, 0) is 96.6 Å². The number of carbonyl (C=O) groups excluding carboxylic acids is 3. The summed E-state index contributed by atoms with van der Waals surface area (Å²) in [6.07, 6.45) is 1.20. The second-order valence-corrected chi connectivity index (χ2v) is 13.5. The van der Waals surface area contributed by atoms with E-state index < -0.39 is 22.9 Å². The fourth-order valence-electron chi connectivity index (χ4n) is 5.49. The van der Waals surface area contributed by atoms with Crippen LogP contribution in [0, 0.1) is 5.82 Å². The summed E-state index contributed by atoms with van der Waals surface area (Å²) in [5, 5.41) is 7.84. The number of nitrogens with zero attached hydrogens (tertiary/aromatic N) is 1. The Morgan fingerprint density at radius 3 is 2.07 bits per heavy atom. The third kappa shape index (κ3) is 8.58. The van der Waals surface area contributed by atoms with E-state index in [2.05, 4.69) is 20.9 Å². The van der Waals surface area contributed by atoms with Crippen LogP contribution in [0.2, 0.25) is 5.02 Å². The molecule has 3 N–H and O–H groups in total. The molecule has 0 fully saturated rings. The van der Waals surface area contributed by atoms with Crippen molar-refractivity contribution < 1.29 is 23.2 Å². The fraction of sp³-hybridized carbons (Fsp3) is 0.0233. The monoisotopic (exact) mass is 752 g/mol. The Labute approximate surface area is 319 Å². The fourth-order valence-corrected chi connectivity index (χ4v) is 6.73. The van der Waals surface area contributed by atoms with E-state index in [0.29, 0.717) is 28.4 Å². The molecular formula is C43H30ClFN4O4S. The second-order valence-electron chi connectivity index (χ2n) is 12.0. The van der Waals surface area contributed by atoms with Crippen molar-refractivity contribution in [2.45, 2.75) is 10.1 Å². The van der Waals surface area contributed by atoms with E-state index >= 15 is 0 Å². The van der Waals surface area contributed by atoms with Crippen LogP contribution in [0.3, 0.4) is 0 Å². The standard InChI is InChI=1S/C43H30ClFN4O4S/c44-34-14-9-15-35(45)33(34)26-37(48-40(50)28-12-5-2-6-13-28)41(51)46-31-22-24-32(25-23-31)54-39(27-10-3-1-4-11-27)42(52)47-30-20-18-29(19-21-30)43-49-36-16-7-8-17-38(36)53-43/h1-26,39H,(H,46,51)(H,47,52)(H,48,50)/b37-26-. The lowest BCUT2D eigenvalue weighted by Gasteiger charge is -2.18. The maximum absolute atomic E-state index is 14.7. The van der Waals surface area contributed by atoms with E-state index in [-0.39, 0.29) is 22.2 Å². The lowest BCUT2D eigenvalue weighted by atomic mass is 10.1. The van der Waals surface area contributed by atoms with Gasteiger partial charge >= 0.3 is 0 Å². The number of hydrogen-bond donors (Lipinski definition) is 3. The van der Waals surface area contributed by atoms with Crippen molar-refractivity contribution in [1.82, 2.24) is 10.3 Å². The second kappa shape index (κ2) is 16.5. The molecule has 1 aromatic heterocycles. The first-order valence-corrected chi connectivity index (χ1v) is 18.0. The van der Waals surface area contributed by atoms with Crippen molar-refractivity contribution in [3.05, 3.63) is 185 Å². The van der Waals surface area contributed by atoms with Crippen LogP contribution < -0.4 is 16.0 Å². The minimum Gasteiger partial charge on any atom is -0.436 e. The minimum atomic E-state index is -0.692. The van der Waals surface area contributed by atoms with Gasteiger partial charge in [-0.15, -0.1) is 11.8 Å². The number of amides is 3. The summed E-state index contributed by atoms with van der Waals surface area (Å²) in [7, 11) is 0. The molecule has 7 aromatic rings. The predicted molar refractivity (Wildman–Crippen MR) is 211 cm³/mol. The van der Waals surface area contributed by atoms with Gasteiger partial charge in [-0.1, -0.05) is 78.3 Å². The number of benzene rings is 6. The SMILES string of the molecule is O=C(Nc1ccc(SC(C(=O)Nc2ccc(-c3nc4ccccc4o3)cc2)c2ccccc2)cc1)/C(=C/c1c(F)cccc1Cl)NC(=O)c1ccccc1. The largest absolute Gasteiger partial charge is 0.436 e. The van der Waals surface area contributed by atoms with Crippen molar-refractivity contribution in [2.24, 2.45) is 0 Å². The highest BCUT2D eigenvalue weighted by Crippen LogP contribution is 2.37. The highest BCUT2D eigenvalue weighted by Gasteiger charge is 2.23. The molecule has 266 valence electrons. The van der Waals surface area contributed by atoms with Crippen LogP contribution >= 0.6 is 23.4 Å². The van der Waals surface area contributed by atoms with Gasteiger partial charge in [0.1, 0.15) is 22.3 Å². The van der Waals surface area contributed by atoms with Crippen molar-refractivity contribution in [3.8, 4) is 11.5 Å². The van der Waals surface area contributed by atoms with E-state index in [9.17, 15) is 18.8 Å².